The fourth-order valence-corrected chi connectivity index (χ4v) is 11.0. The molecule has 1 saturated carbocycles. The number of aliphatic carboxylic acids is 1. The normalized spacial score (nSPS) is 26.7. The lowest BCUT2D eigenvalue weighted by Gasteiger charge is -2.49. The van der Waals surface area contributed by atoms with E-state index in [9.17, 15) is 29.4 Å². The van der Waals surface area contributed by atoms with Crippen molar-refractivity contribution in [1.29, 1.82) is 0 Å². The van der Waals surface area contributed by atoms with E-state index in [1.807, 2.05) is 50.3 Å². The third-order valence-corrected chi connectivity index (χ3v) is 13.7. The molecule has 2 aliphatic heterocycles. The molecular weight excluding hydrogens is 716 g/mol. The zero-order valence-electron chi connectivity index (χ0n) is 30.0. The van der Waals surface area contributed by atoms with Crippen LogP contribution in [0, 0.1) is 49.9 Å². The third kappa shape index (κ3) is 5.12. The Morgan fingerprint density at radius 2 is 1.74 bits per heavy atom. The number of phenols is 1. The number of carboxylic acid groups (broad SMARTS) is 1. The number of aryl methyl sites for hydroxylation is 4. The first-order valence-electron chi connectivity index (χ1n) is 17.8. The average Bonchev–Trinajstić information content (AvgIpc) is 3.77. The predicted octanol–water partition coefficient (Wildman–Crippen LogP) is 6.68. The van der Waals surface area contributed by atoms with Gasteiger partial charge in [0.15, 0.2) is 0 Å². The van der Waals surface area contributed by atoms with E-state index in [0.29, 0.717) is 34.1 Å². The molecule has 0 spiro atoms. The Balaban J connectivity index is 1.22. The van der Waals surface area contributed by atoms with Gasteiger partial charge >= 0.3 is 5.97 Å². The number of nitrogens with zero attached hydrogens (tertiary/aromatic N) is 4. The molecule has 4 amide bonds. The van der Waals surface area contributed by atoms with Crippen molar-refractivity contribution < 1.29 is 34.2 Å². The van der Waals surface area contributed by atoms with Gasteiger partial charge in [-0.2, -0.15) is 5.10 Å². The minimum Gasteiger partial charge on any atom is -0.507 e. The average molecular weight is 755 g/mol. The summed E-state index contributed by atoms with van der Waals surface area (Å²) in [6.45, 7) is 7.43. The van der Waals surface area contributed by atoms with Crippen LogP contribution in [-0.4, -0.2) is 61.0 Å². The second-order valence-electron chi connectivity index (χ2n) is 15.2. The van der Waals surface area contributed by atoms with Crippen molar-refractivity contribution in [2.75, 3.05) is 11.4 Å². The number of allylic oxidation sites excluding steroid dienone is 2. The highest BCUT2D eigenvalue weighted by Gasteiger charge is 2.68. The molecule has 11 nitrogen and oxygen atoms in total. The maximum absolute atomic E-state index is 15.1. The molecule has 8 rings (SSSR count). The summed E-state index contributed by atoms with van der Waals surface area (Å²) in [5.41, 5.74) is 3.20. The van der Waals surface area contributed by atoms with Gasteiger partial charge in [-0.25, -0.2) is 4.90 Å². The van der Waals surface area contributed by atoms with Crippen LogP contribution < -0.4 is 4.90 Å². The molecule has 274 valence electrons. The highest BCUT2D eigenvalue weighted by atomic mass is 35.5. The lowest BCUT2D eigenvalue weighted by Crippen LogP contribution is -2.49. The summed E-state index contributed by atoms with van der Waals surface area (Å²) in [6.07, 6.45) is 2.46. The van der Waals surface area contributed by atoms with E-state index < -0.39 is 41.0 Å². The van der Waals surface area contributed by atoms with Gasteiger partial charge in [-0.15, -0.1) is 11.3 Å². The van der Waals surface area contributed by atoms with Crippen molar-refractivity contribution in [3.63, 3.8) is 0 Å². The molecule has 4 aromatic rings. The molecule has 2 N–H and O–H groups in total. The van der Waals surface area contributed by atoms with E-state index in [1.54, 1.807) is 43.0 Å². The van der Waals surface area contributed by atoms with Crippen LogP contribution in [0.25, 0.3) is 20.7 Å². The van der Waals surface area contributed by atoms with Crippen LogP contribution in [0.5, 0.6) is 5.75 Å². The minimum absolute atomic E-state index is 0.0142. The number of rotatable bonds is 7. The quantitative estimate of drug-likeness (QED) is 0.157. The van der Waals surface area contributed by atoms with Gasteiger partial charge in [-0.05, 0) is 98.7 Å². The molecule has 13 heteroatoms. The first-order chi connectivity index (χ1) is 25.1. The monoisotopic (exact) mass is 754 g/mol. The molecular formula is C40H39ClN4O7S. The first kappa shape index (κ1) is 35.2. The molecule has 4 aliphatic rings. The number of carbonyl (C=O) groups is 5. The highest BCUT2D eigenvalue weighted by Crippen LogP contribution is 2.64. The Morgan fingerprint density at radius 3 is 2.43 bits per heavy atom. The van der Waals surface area contributed by atoms with Crippen LogP contribution in [0.3, 0.4) is 0 Å². The zero-order chi connectivity index (χ0) is 37.8. The van der Waals surface area contributed by atoms with Crippen molar-refractivity contribution in [2.45, 2.75) is 59.3 Å². The summed E-state index contributed by atoms with van der Waals surface area (Å²) in [5.74, 6) is -5.28. The lowest BCUT2D eigenvalue weighted by molar-refractivity contribution is -0.142. The number of aromatic nitrogens is 2. The topological polar surface area (TPSA) is 150 Å². The maximum atomic E-state index is 15.1. The fraction of sp³-hybridized carbons (Fsp3) is 0.400. The molecule has 2 saturated heterocycles. The Morgan fingerprint density at radius 1 is 1.02 bits per heavy atom. The van der Waals surface area contributed by atoms with Crippen molar-refractivity contribution in [3.8, 4) is 16.3 Å². The van der Waals surface area contributed by atoms with Gasteiger partial charge in [-0.3, -0.25) is 33.6 Å². The van der Waals surface area contributed by atoms with E-state index in [2.05, 4.69) is 0 Å². The number of thiophene rings is 1. The summed E-state index contributed by atoms with van der Waals surface area (Å²) in [5, 5.41) is 26.3. The number of fused-ring (bicyclic) bond motifs is 5. The zero-order valence-corrected chi connectivity index (χ0v) is 31.5. The molecule has 0 bridgehead atoms. The molecule has 6 atom stereocenters. The number of imide groups is 2. The molecule has 2 aromatic heterocycles. The van der Waals surface area contributed by atoms with Crippen LogP contribution in [-0.2, 0) is 31.0 Å². The molecule has 2 aliphatic carbocycles. The van der Waals surface area contributed by atoms with E-state index in [0.717, 1.165) is 31.7 Å². The number of benzene rings is 2. The molecule has 0 unspecified atom stereocenters. The minimum atomic E-state index is -1.26. The van der Waals surface area contributed by atoms with Crippen LogP contribution >= 0.6 is 22.9 Å². The number of hydrogen-bond acceptors (Lipinski definition) is 8. The molecule has 4 heterocycles. The second-order valence-corrected chi connectivity index (χ2v) is 16.7. The molecule has 0 radical (unpaired) electrons. The Labute approximate surface area is 314 Å². The van der Waals surface area contributed by atoms with Crippen molar-refractivity contribution >= 4 is 68.4 Å². The van der Waals surface area contributed by atoms with Gasteiger partial charge in [0.2, 0.25) is 23.6 Å². The number of phenolic OH excluding ortho intramolecular Hbond substituents is 1. The summed E-state index contributed by atoms with van der Waals surface area (Å²) in [4.78, 5) is 72.2. The van der Waals surface area contributed by atoms with Crippen molar-refractivity contribution in [3.05, 3.63) is 75.3 Å². The Hall–Kier alpha value is -4.81. The van der Waals surface area contributed by atoms with Crippen LogP contribution in [0.1, 0.15) is 60.8 Å². The van der Waals surface area contributed by atoms with Crippen LogP contribution in [0.4, 0.5) is 5.82 Å². The smallest absolute Gasteiger partial charge is 0.303 e. The largest absolute Gasteiger partial charge is 0.507 e. The number of hydrogen-bond donors (Lipinski definition) is 2. The second kappa shape index (κ2) is 12.4. The number of carbonyl (C=O) groups excluding carboxylic acids is 4. The molecule has 3 fully saturated rings. The maximum Gasteiger partial charge on any atom is 0.303 e. The number of likely N-dealkylation sites (tertiary alicyclic amines) is 1. The SMILES string of the molecule is Cc1cc([C@H]2C3=CC[C@@H]4C(=O)N(CCCC(=O)O)C(=O)[C@@H]4[C@@H]3C[C@H]3C(=O)N(c4cc(-c5sc6ccc(Cl)cc6c5C)nn4C)C(=O)[C@@]23C)cc(C)c1O. The van der Waals surface area contributed by atoms with Crippen LogP contribution in [0.2, 0.25) is 5.02 Å². The van der Waals surface area contributed by atoms with E-state index in [4.69, 9.17) is 16.7 Å². The van der Waals surface area contributed by atoms with E-state index in [-0.39, 0.29) is 55.2 Å². The summed E-state index contributed by atoms with van der Waals surface area (Å²) < 4.78 is 2.60. The molecule has 53 heavy (non-hydrogen) atoms. The first-order valence-corrected chi connectivity index (χ1v) is 19.0. The number of anilines is 1. The van der Waals surface area contributed by atoms with Crippen molar-refractivity contribution in [1.82, 2.24) is 14.7 Å². The molecule has 2 aromatic carbocycles. The van der Waals surface area contributed by atoms with Gasteiger partial charge in [0.05, 0.1) is 28.0 Å². The summed E-state index contributed by atoms with van der Waals surface area (Å²) in [7, 11) is 1.71. The summed E-state index contributed by atoms with van der Waals surface area (Å²) in [6, 6.07) is 11.2. The van der Waals surface area contributed by atoms with Gasteiger partial charge in [0, 0.05) is 41.7 Å². The number of halogens is 1. The number of amides is 4. The summed E-state index contributed by atoms with van der Waals surface area (Å²) >= 11 is 7.86. The predicted molar refractivity (Wildman–Crippen MR) is 200 cm³/mol. The van der Waals surface area contributed by atoms with Crippen LogP contribution in [0.15, 0.2) is 48.0 Å². The number of aromatic hydroxyl groups is 1. The van der Waals surface area contributed by atoms with Gasteiger partial charge in [0.25, 0.3) is 0 Å². The Bertz CT molecular complexity index is 2320. The fourth-order valence-electron chi connectivity index (χ4n) is 9.66. The van der Waals surface area contributed by atoms with Gasteiger partial charge in [0.1, 0.15) is 17.3 Å². The van der Waals surface area contributed by atoms with E-state index in [1.165, 1.54) is 9.80 Å². The van der Waals surface area contributed by atoms with Crippen molar-refractivity contribution in [2.24, 2.45) is 36.1 Å². The van der Waals surface area contributed by atoms with Gasteiger partial charge < -0.3 is 10.2 Å². The standard InChI is InChI=1S/C40H39ClN4O7S/c1-18-13-21(14-19(2)34(18)48)33-23-9-10-24-32(38(51)44(36(24)49)12-6-7-31(46)47)26(23)16-27-37(50)45(39(52)40(27,33)4)30-17-28(42-43(30)5)35-20(3)25-15-22(41)8-11-29(25)53-35/h8-9,11,13-15,17,24,26-27,32-33,48H,6-7,10,12,16H2,1-5H3,(H,46,47)/t24-,26+,27-,32-,33-,40+/m0/s1. The lowest BCUT2D eigenvalue weighted by atomic mass is 9.51. The van der Waals surface area contributed by atoms with E-state index >= 15 is 4.79 Å². The highest BCUT2D eigenvalue weighted by molar-refractivity contribution is 7.22. The number of carboxylic acids is 1. The van der Waals surface area contributed by atoms with Gasteiger partial charge in [-0.1, -0.05) is 35.4 Å². The Kier molecular flexibility index (Phi) is 8.23. The third-order valence-electron chi connectivity index (χ3n) is 12.2.